The number of fused-ring (bicyclic) bond motifs is 1. The summed E-state index contributed by atoms with van der Waals surface area (Å²) in [7, 11) is 0. The molecule has 2 N–H and O–H groups in total. The third-order valence-electron chi connectivity index (χ3n) is 4.35. The van der Waals surface area contributed by atoms with E-state index in [1.807, 2.05) is 30.5 Å². The maximum Gasteiger partial charge on any atom is 0.139 e. The van der Waals surface area contributed by atoms with Gasteiger partial charge < -0.3 is 10.4 Å². The summed E-state index contributed by atoms with van der Waals surface area (Å²) in [4.78, 5) is 14.6. The zero-order chi connectivity index (χ0) is 19.5. The fraction of sp³-hybridized carbons (Fsp3) is 0.190. The normalized spacial score (nSPS) is 11.1. The van der Waals surface area contributed by atoms with Crippen molar-refractivity contribution in [2.24, 2.45) is 0 Å². The Kier molecular flexibility index (Phi) is 5.27. The van der Waals surface area contributed by atoms with E-state index in [2.05, 4.69) is 20.3 Å². The lowest BCUT2D eigenvalue weighted by Gasteiger charge is -2.11. The molecule has 0 spiro atoms. The molecule has 0 atom stereocenters. The maximum absolute atomic E-state index is 13.3. The summed E-state index contributed by atoms with van der Waals surface area (Å²) in [5, 5.41) is 15.6. The number of hydrogen-bond donors (Lipinski definition) is 2. The lowest BCUT2D eigenvalue weighted by molar-refractivity contribution is 0.297. The molecule has 0 radical (unpaired) electrons. The number of thiophene rings is 1. The van der Waals surface area contributed by atoms with Crippen LogP contribution >= 0.6 is 11.3 Å². The molecule has 3 heterocycles. The molecule has 7 heteroatoms. The molecule has 4 aromatic rings. The van der Waals surface area contributed by atoms with E-state index in [1.54, 1.807) is 12.1 Å². The third-order valence-corrected chi connectivity index (χ3v) is 5.23. The Bertz CT molecular complexity index is 1110. The molecule has 0 aliphatic heterocycles. The van der Waals surface area contributed by atoms with Crippen molar-refractivity contribution in [1.29, 1.82) is 0 Å². The molecule has 0 saturated carbocycles. The van der Waals surface area contributed by atoms with Crippen LogP contribution in [0.4, 0.5) is 10.2 Å². The second-order valence-corrected chi connectivity index (χ2v) is 7.28. The predicted octanol–water partition coefficient (Wildman–Crippen LogP) is 4.35. The first kappa shape index (κ1) is 18.5. The Labute approximate surface area is 165 Å². The number of rotatable bonds is 6. The number of halogens is 1. The van der Waals surface area contributed by atoms with Crippen LogP contribution in [-0.2, 0) is 13.0 Å². The largest absolute Gasteiger partial charge is 0.396 e. The van der Waals surface area contributed by atoms with Gasteiger partial charge in [0.1, 0.15) is 22.3 Å². The van der Waals surface area contributed by atoms with Gasteiger partial charge in [0.15, 0.2) is 0 Å². The Balaban J connectivity index is 1.77. The van der Waals surface area contributed by atoms with Gasteiger partial charge in [-0.15, -0.1) is 11.3 Å². The molecule has 0 fully saturated rings. The summed E-state index contributed by atoms with van der Waals surface area (Å²) in [6, 6.07) is 12.3. The lowest BCUT2D eigenvalue weighted by Crippen LogP contribution is -2.07. The van der Waals surface area contributed by atoms with Crippen molar-refractivity contribution in [3.8, 4) is 11.1 Å². The number of nitrogens with zero attached hydrogens (tertiary/aromatic N) is 3. The molecular formula is C21H19FN4OS. The van der Waals surface area contributed by atoms with Gasteiger partial charge in [-0.25, -0.2) is 14.4 Å². The van der Waals surface area contributed by atoms with E-state index in [1.165, 1.54) is 23.5 Å². The molecule has 28 heavy (non-hydrogen) atoms. The van der Waals surface area contributed by atoms with Gasteiger partial charge in [0.25, 0.3) is 0 Å². The molecule has 4 rings (SSSR count). The zero-order valence-electron chi connectivity index (χ0n) is 15.3. The van der Waals surface area contributed by atoms with Gasteiger partial charge in [-0.2, -0.15) is 0 Å². The summed E-state index contributed by atoms with van der Waals surface area (Å²) in [6.45, 7) is 2.46. The van der Waals surface area contributed by atoms with Crippen molar-refractivity contribution in [3.63, 3.8) is 0 Å². The summed E-state index contributed by atoms with van der Waals surface area (Å²) in [5.41, 5.74) is 3.72. The van der Waals surface area contributed by atoms with Gasteiger partial charge in [-0.3, -0.25) is 4.98 Å². The Morgan fingerprint density at radius 1 is 1.07 bits per heavy atom. The van der Waals surface area contributed by atoms with Crippen LogP contribution in [0.1, 0.15) is 17.2 Å². The van der Waals surface area contributed by atoms with Crippen LogP contribution < -0.4 is 5.32 Å². The fourth-order valence-electron chi connectivity index (χ4n) is 3.04. The number of pyridine rings is 1. The monoisotopic (exact) mass is 394 g/mol. The van der Waals surface area contributed by atoms with Crippen LogP contribution in [0.2, 0.25) is 0 Å². The van der Waals surface area contributed by atoms with Crippen molar-refractivity contribution >= 4 is 27.4 Å². The first-order valence-corrected chi connectivity index (χ1v) is 9.83. The molecule has 1 aromatic carbocycles. The van der Waals surface area contributed by atoms with Crippen LogP contribution in [0.15, 0.2) is 47.8 Å². The maximum atomic E-state index is 13.3. The van der Waals surface area contributed by atoms with Gasteiger partial charge in [-0.1, -0.05) is 18.2 Å². The first-order valence-electron chi connectivity index (χ1n) is 8.95. The Morgan fingerprint density at radius 3 is 2.64 bits per heavy atom. The van der Waals surface area contributed by atoms with Crippen molar-refractivity contribution < 1.29 is 9.50 Å². The van der Waals surface area contributed by atoms with E-state index in [9.17, 15) is 9.50 Å². The summed E-state index contributed by atoms with van der Waals surface area (Å²) >= 11 is 1.51. The van der Waals surface area contributed by atoms with E-state index < -0.39 is 0 Å². The Hall–Kier alpha value is -2.90. The highest BCUT2D eigenvalue weighted by molar-refractivity contribution is 7.17. The number of anilines is 1. The van der Waals surface area contributed by atoms with E-state index in [0.29, 0.717) is 24.6 Å². The van der Waals surface area contributed by atoms with Crippen LogP contribution in [-0.4, -0.2) is 26.7 Å². The standard InChI is InChI=1S/C21H19FN4OS/c1-13-3-2-4-16(24-13)11-23-20-19-17(14-5-7-15(22)8-6-14)12-28-21(19)26-18(25-20)9-10-27/h2-8,12,27H,9-11H2,1H3,(H,23,25,26). The highest BCUT2D eigenvalue weighted by Gasteiger charge is 2.15. The van der Waals surface area contributed by atoms with Crippen LogP contribution in [0, 0.1) is 12.7 Å². The van der Waals surface area contributed by atoms with E-state index >= 15 is 0 Å². The molecule has 142 valence electrons. The number of aliphatic hydroxyl groups excluding tert-OH is 1. The molecule has 0 amide bonds. The minimum absolute atomic E-state index is 0.0133. The zero-order valence-corrected chi connectivity index (χ0v) is 16.1. The molecule has 5 nitrogen and oxygen atoms in total. The number of benzene rings is 1. The van der Waals surface area contributed by atoms with Gasteiger partial charge in [0.2, 0.25) is 0 Å². The lowest BCUT2D eigenvalue weighted by atomic mass is 10.1. The third kappa shape index (κ3) is 3.85. The summed E-state index contributed by atoms with van der Waals surface area (Å²) in [6.07, 6.45) is 0.386. The van der Waals surface area contributed by atoms with Crippen molar-refractivity contribution in [3.05, 3.63) is 70.9 Å². The molecule has 3 aromatic heterocycles. The quantitative estimate of drug-likeness (QED) is 0.509. The van der Waals surface area contributed by atoms with Crippen molar-refractivity contribution in [2.75, 3.05) is 11.9 Å². The van der Waals surface area contributed by atoms with Gasteiger partial charge >= 0.3 is 0 Å². The van der Waals surface area contributed by atoms with Gasteiger partial charge in [0.05, 0.1) is 24.2 Å². The molecule has 0 aliphatic rings. The number of hydrogen-bond acceptors (Lipinski definition) is 6. The minimum atomic E-state index is -0.270. The fourth-order valence-corrected chi connectivity index (χ4v) is 4.01. The first-order chi connectivity index (χ1) is 13.6. The number of aryl methyl sites for hydroxylation is 1. The van der Waals surface area contributed by atoms with Crippen molar-refractivity contribution in [2.45, 2.75) is 19.9 Å². The Morgan fingerprint density at radius 2 is 1.89 bits per heavy atom. The highest BCUT2D eigenvalue weighted by atomic mass is 32.1. The number of aromatic nitrogens is 3. The molecule has 0 saturated heterocycles. The van der Waals surface area contributed by atoms with Crippen molar-refractivity contribution in [1.82, 2.24) is 15.0 Å². The van der Waals surface area contributed by atoms with Gasteiger partial charge in [-0.05, 0) is 36.8 Å². The van der Waals surface area contributed by atoms with Gasteiger partial charge in [0, 0.05) is 23.1 Å². The molecule has 0 unspecified atom stereocenters. The molecule has 0 aliphatic carbocycles. The second kappa shape index (κ2) is 8.00. The van der Waals surface area contributed by atoms with E-state index in [4.69, 9.17) is 0 Å². The second-order valence-electron chi connectivity index (χ2n) is 6.42. The molecular weight excluding hydrogens is 375 g/mol. The highest BCUT2D eigenvalue weighted by Crippen LogP contribution is 2.37. The average Bonchev–Trinajstić information content (AvgIpc) is 3.11. The van der Waals surface area contributed by atoms with Crippen LogP contribution in [0.3, 0.4) is 0 Å². The summed E-state index contributed by atoms with van der Waals surface area (Å²) < 4.78 is 13.3. The van der Waals surface area contributed by atoms with E-state index in [0.717, 1.165) is 32.7 Å². The topological polar surface area (TPSA) is 70.9 Å². The average molecular weight is 394 g/mol. The van der Waals surface area contributed by atoms with Crippen LogP contribution in [0.5, 0.6) is 0 Å². The number of nitrogens with one attached hydrogen (secondary N) is 1. The smallest absolute Gasteiger partial charge is 0.139 e. The van der Waals surface area contributed by atoms with Crippen LogP contribution in [0.25, 0.3) is 21.3 Å². The van der Waals surface area contributed by atoms with E-state index in [-0.39, 0.29) is 12.4 Å². The number of aliphatic hydroxyl groups is 1. The minimum Gasteiger partial charge on any atom is -0.396 e. The SMILES string of the molecule is Cc1cccc(CNc2nc(CCO)nc3scc(-c4ccc(F)cc4)c23)n1. The molecule has 0 bridgehead atoms. The summed E-state index contributed by atoms with van der Waals surface area (Å²) in [5.74, 6) is 1.01. The predicted molar refractivity (Wildman–Crippen MR) is 110 cm³/mol.